The zero-order valence-corrected chi connectivity index (χ0v) is 16.8. The van der Waals surface area contributed by atoms with E-state index < -0.39 is 0 Å². The van der Waals surface area contributed by atoms with Crippen molar-refractivity contribution >= 4 is 29.1 Å². The molecule has 28 heavy (non-hydrogen) atoms. The van der Waals surface area contributed by atoms with E-state index in [0.29, 0.717) is 22.8 Å². The number of halogens is 2. The number of piperidine rings is 1. The molecule has 1 aliphatic heterocycles. The van der Waals surface area contributed by atoms with Gasteiger partial charge in [-0.15, -0.1) is 0 Å². The van der Waals surface area contributed by atoms with E-state index in [2.05, 4.69) is 27.9 Å². The maximum absolute atomic E-state index is 12.8. The van der Waals surface area contributed by atoms with Crippen LogP contribution in [0.25, 0.3) is 11.3 Å². The molecular formula is C20H20Cl2N4O2. The number of furan rings is 1. The molecule has 8 heteroatoms. The van der Waals surface area contributed by atoms with Gasteiger partial charge in [0.15, 0.2) is 5.76 Å². The van der Waals surface area contributed by atoms with Crippen molar-refractivity contribution in [2.75, 3.05) is 13.1 Å². The summed E-state index contributed by atoms with van der Waals surface area (Å²) in [5.74, 6) is 0.0820. The Kier molecular flexibility index (Phi) is 5.44. The number of carbonyl (C=O) groups is 1. The van der Waals surface area contributed by atoms with Gasteiger partial charge in [0.25, 0.3) is 5.91 Å². The van der Waals surface area contributed by atoms with Crippen LogP contribution in [0.4, 0.5) is 0 Å². The molecule has 146 valence electrons. The van der Waals surface area contributed by atoms with Crippen LogP contribution in [0.1, 0.15) is 28.5 Å². The summed E-state index contributed by atoms with van der Waals surface area (Å²) in [6, 6.07) is 11.8. The van der Waals surface area contributed by atoms with Gasteiger partial charge >= 0.3 is 0 Å². The Balaban J connectivity index is 1.56. The van der Waals surface area contributed by atoms with Crippen molar-refractivity contribution in [2.45, 2.75) is 18.4 Å². The second-order valence-corrected chi connectivity index (χ2v) is 7.60. The van der Waals surface area contributed by atoms with Crippen LogP contribution in [-0.2, 0) is 7.05 Å². The molecule has 3 heterocycles. The SMILES string of the molecule is Cn1ncc(Cl)c1-c1cc(C(=O)N[C@H]2CNCC[C@@H]2c2ccccc2)oc1Cl. The van der Waals surface area contributed by atoms with Gasteiger partial charge < -0.3 is 15.1 Å². The van der Waals surface area contributed by atoms with Gasteiger partial charge in [0.2, 0.25) is 5.22 Å². The van der Waals surface area contributed by atoms with Crippen LogP contribution < -0.4 is 10.6 Å². The summed E-state index contributed by atoms with van der Waals surface area (Å²) in [5.41, 5.74) is 2.36. The first-order valence-corrected chi connectivity index (χ1v) is 9.84. The highest BCUT2D eigenvalue weighted by Gasteiger charge is 2.29. The second-order valence-electron chi connectivity index (χ2n) is 6.85. The first-order valence-electron chi connectivity index (χ1n) is 9.08. The predicted octanol–water partition coefficient (Wildman–Crippen LogP) is 3.86. The van der Waals surface area contributed by atoms with Crippen molar-refractivity contribution in [2.24, 2.45) is 7.05 Å². The fourth-order valence-electron chi connectivity index (χ4n) is 3.70. The maximum Gasteiger partial charge on any atom is 0.287 e. The Hall–Kier alpha value is -2.28. The molecule has 2 atom stereocenters. The molecule has 0 spiro atoms. The normalized spacial score (nSPS) is 19.5. The molecule has 1 fully saturated rings. The number of amides is 1. The molecule has 4 rings (SSSR count). The van der Waals surface area contributed by atoms with Crippen molar-refractivity contribution in [1.82, 2.24) is 20.4 Å². The van der Waals surface area contributed by atoms with Crippen molar-refractivity contribution in [3.63, 3.8) is 0 Å². The van der Waals surface area contributed by atoms with E-state index in [1.807, 2.05) is 18.2 Å². The van der Waals surface area contributed by atoms with Gasteiger partial charge in [0.05, 0.1) is 22.5 Å². The molecule has 0 saturated carbocycles. The molecule has 0 unspecified atom stereocenters. The summed E-state index contributed by atoms with van der Waals surface area (Å²) >= 11 is 12.4. The fraction of sp³-hybridized carbons (Fsp3) is 0.300. The van der Waals surface area contributed by atoms with Crippen LogP contribution in [0.3, 0.4) is 0 Å². The van der Waals surface area contributed by atoms with Crippen LogP contribution in [0.5, 0.6) is 0 Å². The molecule has 1 aliphatic rings. The summed E-state index contributed by atoms with van der Waals surface area (Å²) < 4.78 is 7.12. The second kappa shape index (κ2) is 7.99. The highest BCUT2D eigenvalue weighted by atomic mass is 35.5. The number of hydrogen-bond donors (Lipinski definition) is 2. The van der Waals surface area contributed by atoms with Gasteiger partial charge in [-0.1, -0.05) is 41.9 Å². The number of aryl methyl sites for hydroxylation is 1. The minimum atomic E-state index is -0.305. The number of nitrogens with zero attached hydrogens (tertiary/aromatic N) is 2. The molecule has 6 nitrogen and oxygen atoms in total. The Labute approximate surface area is 172 Å². The molecule has 0 radical (unpaired) electrons. The molecular weight excluding hydrogens is 399 g/mol. The molecule has 2 aromatic heterocycles. The van der Waals surface area contributed by atoms with Crippen LogP contribution in [0.15, 0.2) is 47.0 Å². The van der Waals surface area contributed by atoms with Gasteiger partial charge in [0, 0.05) is 31.6 Å². The quantitative estimate of drug-likeness (QED) is 0.674. The molecule has 2 N–H and O–H groups in total. The molecule has 3 aromatic rings. The lowest BCUT2D eigenvalue weighted by Gasteiger charge is -2.33. The van der Waals surface area contributed by atoms with E-state index in [0.717, 1.165) is 13.0 Å². The largest absolute Gasteiger partial charge is 0.439 e. The van der Waals surface area contributed by atoms with Crippen molar-refractivity contribution < 1.29 is 9.21 Å². The molecule has 0 aliphatic carbocycles. The minimum Gasteiger partial charge on any atom is -0.439 e. The van der Waals surface area contributed by atoms with Crippen molar-refractivity contribution in [3.8, 4) is 11.3 Å². The lowest BCUT2D eigenvalue weighted by molar-refractivity contribution is 0.0896. The van der Waals surface area contributed by atoms with Crippen molar-refractivity contribution in [3.05, 3.63) is 64.2 Å². The molecule has 1 saturated heterocycles. The van der Waals surface area contributed by atoms with Crippen molar-refractivity contribution in [1.29, 1.82) is 0 Å². The van der Waals surface area contributed by atoms with Gasteiger partial charge in [-0.05, 0) is 30.1 Å². The third kappa shape index (κ3) is 3.68. The standard InChI is InChI=1S/C20H20Cl2N4O2/c1-26-18(15(21)10-24-26)14-9-17(28-19(14)22)20(27)25-16-11-23-8-7-13(16)12-5-3-2-4-6-12/h2-6,9-10,13,16,23H,7-8,11H2,1H3,(H,25,27)/t13-,16+/m1/s1. The zero-order valence-electron chi connectivity index (χ0n) is 15.3. The van der Waals surface area contributed by atoms with Crippen LogP contribution >= 0.6 is 23.2 Å². The number of hydrogen-bond acceptors (Lipinski definition) is 4. The molecule has 1 aromatic carbocycles. The number of carbonyl (C=O) groups excluding carboxylic acids is 1. The maximum atomic E-state index is 12.8. The van der Waals surface area contributed by atoms with Crippen LogP contribution in [0.2, 0.25) is 10.2 Å². The number of nitrogens with one attached hydrogen (secondary N) is 2. The highest BCUT2D eigenvalue weighted by molar-refractivity contribution is 6.35. The number of aromatic nitrogens is 2. The highest BCUT2D eigenvalue weighted by Crippen LogP contribution is 2.35. The molecule has 1 amide bonds. The van der Waals surface area contributed by atoms with Crippen LogP contribution in [0, 0.1) is 0 Å². The summed E-state index contributed by atoms with van der Waals surface area (Å²) in [7, 11) is 1.75. The fourth-order valence-corrected chi connectivity index (χ4v) is 4.20. The van der Waals surface area contributed by atoms with Crippen LogP contribution in [-0.4, -0.2) is 34.8 Å². The smallest absolute Gasteiger partial charge is 0.287 e. The third-order valence-electron chi connectivity index (χ3n) is 5.09. The third-order valence-corrected chi connectivity index (χ3v) is 5.64. The lowest BCUT2D eigenvalue weighted by Crippen LogP contribution is -2.49. The predicted molar refractivity (Wildman–Crippen MR) is 109 cm³/mol. The van der Waals surface area contributed by atoms with E-state index in [1.54, 1.807) is 17.8 Å². The Morgan fingerprint density at radius 3 is 2.82 bits per heavy atom. The lowest BCUT2D eigenvalue weighted by atomic mass is 9.86. The van der Waals surface area contributed by atoms with Gasteiger partial charge in [0.1, 0.15) is 0 Å². The van der Waals surface area contributed by atoms with E-state index in [1.165, 1.54) is 11.8 Å². The van der Waals surface area contributed by atoms with Gasteiger partial charge in [-0.25, -0.2) is 0 Å². The van der Waals surface area contributed by atoms with E-state index in [-0.39, 0.29) is 28.8 Å². The average molecular weight is 419 g/mol. The van der Waals surface area contributed by atoms with E-state index >= 15 is 0 Å². The zero-order chi connectivity index (χ0) is 19.7. The first-order chi connectivity index (χ1) is 13.5. The number of rotatable bonds is 4. The topological polar surface area (TPSA) is 72.1 Å². The van der Waals surface area contributed by atoms with E-state index in [9.17, 15) is 4.79 Å². The summed E-state index contributed by atoms with van der Waals surface area (Å²) in [5, 5.41) is 11.1. The molecule has 0 bridgehead atoms. The monoisotopic (exact) mass is 418 g/mol. The number of benzene rings is 1. The first kappa shape index (κ1) is 19.1. The van der Waals surface area contributed by atoms with E-state index in [4.69, 9.17) is 27.6 Å². The van der Waals surface area contributed by atoms with Gasteiger partial charge in [-0.2, -0.15) is 5.10 Å². The van der Waals surface area contributed by atoms with Gasteiger partial charge in [-0.3, -0.25) is 9.48 Å². The Bertz CT molecular complexity index is 964. The summed E-state index contributed by atoms with van der Waals surface area (Å²) in [6.07, 6.45) is 2.47. The minimum absolute atomic E-state index is 0.0451. The average Bonchev–Trinajstić information content (AvgIpc) is 3.24. The Morgan fingerprint density at radius 2 is 2.11 bits per heavy atom. The summed E-state index contributed by atoms with van der Waals surface area (Å²) in [6.45, 7) is 1.61. The Morgan fingerprint density at radius 1 is 1.32 bits per heavy atom. The summed E-state index contributed by atoms with van der Waals surface area (Å²) in [4.78, 5) is 12.8.